The summed E-state index contributed by atoms with van der Waals surface area (Å²) in [7, 11) is 1.80. The molecule has 4 rings (SSSR count). The van der Waals surface area contributed by atoms with Gasteiger partial charge < -0.3 is 9.64 Å². The molecule has 2 saturated carbocycles. The van der Waals surface area contributed by atoms with Crippen LogP contribution < -0.4 is 0 Å². The summed E-state index contributed by atoms with van der Waals surface area (Å²) in [5, 5.41) is 0. The molecule has 5 heteroatoms. The second kappa shape index (κ2) is 4.45. The molecule has 2 aliphatic carbocycles. The van der Waals surface area contributed by atoms with E-state index in [-0.39, 0.29) is 11.9 Å². The van der Waals surface area contributed by atoms with Gasteiger partial charge in [-0.15, -0.1) is 0 Å². The second-order valence-electron chi connectivity index (χ2n) is 7.57. The Labute approximate surface area is 125 Å². The molecule has 5 nitrogen and oxygen atoms in total. The van der Waals surface area contributed by atoms with Gasteiger partial charge in [0.15, 0.2) is 0 Å². The Bertz CT molecular complexity index is 470. The van der Waals surface area contributed by atoms with Gasteiger partial charge in [0.2, 0.25) is 0 Å². The molecule has 0 N–H and O–H groups in total. The van der Waals surface area contributed by atoms with E-state index in [0.29, 0.717) is 17.9 Å². The Morgan fingerprint density at radius 1 is 1.19 bits per heavy atom. The maximum atomic E-state index is 12.8. The first-order chi connectivity index (χ1) is 10.1. The smallest absolute Gasteiger partial charge is 0.327 e. The maximum absolute atomic E-state index is 12.8. The van der Waals surface area contributed by atoms with Crippen molar-refractivity contribution >= 4 is 11.9 Å². The highest BCUT2D eigenvalue weighted by Gasteiger charge is 2.58. The van der Waals surface area contributed by atoms with Crippen LogP contribution in [0.1, 0.15) is 44.9 Å². The molecular weight excluding hydrogens is 268 g/mol. The fourth-order valence-electron chi connectivity index (χ4n) is 5.04. The Kier molecular flexibility index (Phi) is 2.87. The lowest BCUT2D eigenvalue weighted by molar-refractivity contribution is -0.134. The van der Waals surface area contributed by atoms with E-state index in [1.165, 1.54) is 0 Å². The van der Waals surface area contributed by atoms with Gasteiger partial charge in [0, 0.05) is 20.2 Å². The first-order valence-corrected chi connectivity index (χ1v) is 8.24. The molecule has 2 spiro atoms. The molecule has 21 heavy (non-hydrogen) atoms. The van der Waals surface area contributed by atoms with Crippen LogP contribution in [0.4, 0.5) is 4.79 Å². The molecule has 0 atom stereocenters. The SMILES string of the molecule is CN1C(=O)N(CC2CC3(CCOC3)C2)C(=O)C12CCCC2. The third-order valence-electron chi connectivity index (χ3n) is 6.30. The van der Waals surface area contributed by atoms with Crippen LogP contribution in [0.15, 0.2) is 0 Å². The normalized spacial score (nSPS) is 38.0. The Hall–Kier alpha value is -1.10. The summed E-state index contributed by atoms with van der Waals surface area (Å²) in [4.78, 5) is 28.5. The van der Waals surface area contributed by atoms with Crippen LogP contribution in [0, 0.1) is 11.3 Å². The zero-order valence-electron chi connectivity index (χ0n) is 12.8. The summed E-state index contributed by atoms with van der Waals surface area (Å²) in [5.41, 5.74) is -0.136. The highest BCUT2D eigenvalue weighted by molar-refractivity contribution is 6.07. The predicted molar refractivity (Wildman–Crippen MR) is 76.7 cm³/mol. The highest BCUT2D eigenvalue weighted by atomic mass is 16.5. The van der Waals surface area contributed by atoms with Gasteiger partial charge in [0.1, 0.15) is 5.54 Å². The summed E-state index contributed by atoms with van der Waals surface area (Å²) < 4.78 is 5.50. The van der Waals surface area contributed by atoms with Crippen LogP contribution in [0.25, 0.3) is 0 Å². The molecule has 3 amide bonds. The molecule has 0 radical (unpaired) electrons. The maximum Gasteiger partial charge on any atom is 0.327 e. The minimum atomic E-state index is -0.505. The van der Waals surface area contributed by atoms with Crippen molar-refractivity contribution in [3.05, 3.63) is 0 Å². The molecule has 2 heterocycles. The lowest BCUT2D eigenvalue weighted by atomic mass is 9.61. The fourth-order valence-corrected chi connectivity index (χ4v) is 5.04. The summed E-state index contributed by atoms with van der Waals surface area (Å²) in [6.07, 6.45) is 7.17. The number of hydrogen-bond acceptors (Lipinski definition) is 3. The van der Waals surface area contributed by atoms with E-state index in [4.69, 9.17) is 4.74 Å². The number of imide groups is 1. The van der Waals surface area contributed by atoms with Crippen LogP contribution in [-0.2, 0) is 9.53 Å². The van der Waals surface area contributed by atoms with Gasteiger partial charge >= 0.3 is 6.03 Å². The molecule has 0 bridgehead atoms. The van der Waals surface area contributed by atoms with Crippen molar-refractivity contribution < 1.29 is 14.3 Å². The molecule has 4 fully saturated rings. The van der Waals surface area contributed by atoms with E-state index in [9.17, 15) is 9.59 Å². The van der Waals surface area contributed by atoms with Gasteiger partial charge in [-0.05, 0) is 43.4 Å². The van der Waals surface area contributed by atoms with Crippen molar-refractivity contribution in [1.29, 1.82) is 0 Å². The van der Waals surface area contributed by atoms with Crippen molar-refractivity contribution in [3.63, 3.8) is 0 Å². The first kappa shape index (κ1) is 13.6. The number of nitrogens with zero attached hydrogens (tertiary/aromatic N) is 2. The number of carbonyl (C=O) groups is 2. The first-order valence-electron chi connectivity index (χ1n) is 8.24. The molecule has 2 saturated heterocycles. The standard InChI is InChI=1S/C16H24N2O3/c1-17-14(20)18(13(19)16(17)4-2-3-5-16)10-12-8-15(9-12)6-7-21-11-15/h12H,2-11H2,1H3. The number of hydrogen-bond donors (Lipinski definition) is 0. The lowest BCUT2D eigenvalue weighted by Crippen LogP contribution is -2.47. The molecule has 116 valence electrons. The number of urea groups is 1. The Morgan fingerprint density at radius 2 is 1.90 bits per heavy atom. The van der Waals surface area contributed by atoms with Crippen LogP contribution >= 0.6 is 0 Å². The molecule has 4 aliphatic rings. The summed E-state index contributed by atoms with van der Waals surface area (Å²) in [6, 6.07) is -0.0782. The number of carbonyl (C=O) groups excluding carboxylic acids is 2. The third kappa shape index (κ3) is 1.79. The quantitative estimate of drug-likeness (QED) is 0.732. The second-order valence-corrected chi connectivity index (χ2v) is 7.57. The molecule has 0 aromatic heterocycles. The summed E-state index contributed by atoms with van der Waals surface area (Å²) >= 11 is 0. The van der Waals surface area contributed by atoms with Crippen molar-refractivity contribution in [3.8, 4) is 0 Å². The highest BCUT2D eigenvalue weighted by Crippen LogP contribution is 2.52. The third-order valence-corrected chi connectivity index (χ3v) is 6.30. The minimum Gasteiger partial charge on any atom is -0.381 e. The van der Waals surface area contributed by atoms with Crippen LogP contribution in [0.3, 0.4) is 0 Å². The number of amides is 3. The van der Waals surface area contributed by atoms with Gasteiger partial charge in [-0.1, -0.05) is 12.8 Å². The topological polar surface area (TPSA) is 49.9 Å². The monoisotopic (exact) mass is 292 g/mol. The van der Waals surface area contributed by atoms with Gasteiger partial charge in [-0.25, -0.2) is 4.79 Å². The van der Waals surface area contributed by atoms with Gasteiger partial charge in [-0.3, -0.25) is 9.69 Å². The molecule has 0 unspecified atom stereocenters. The minimum absolute atomic E-state index is 0.0659. The van der Waals surface area contributed by atoms with Crippen LogP contribution in [-0.4, -0.2) is 54.1 Å². The molecular formula is C16H24N2O3. The lowest BCUT2D eigenvalue weighted by Gasteiger charge is -2.45. The Balaban J connectivity index is 1.44. The largest absolute Gasteiger partial charge is 0.381 e. The van der Waals surface area contributed by atoms with Crippen molar-refractivity contribution in [1.82, 2.24) is 9.80 Å². The average Bonchev–Trinajstić information content (AvgIpc) is 3.13. The van der Waals surface area contributed by atoms with E-state index in [1.54, 1.807) is 16.8 Å². The van der Waals surface area contributed by atoms with Gasteiger partial charge in [-0.2, -0.15) is 0 Å². The van der Waals surface area contributed by atoms with Crippen molar-refractivity contribution in [2.24, 2.45) is 11.3 Å². The predicted octanol–water partition coefficient (Wildman–Crippen LogP) is 2.01. The van der Waals surface area contributed by atoms with E-state index in [2.05, 4.69) is 0 Å². The van der Waals surface area contributed by atoms with E-state index >= 15 is 0 Å². The fraction of sp³-hybridized carbons (Fsp3) is 0.875. The number of likely N-dealkylation sites (N-methyl/N-ethyl adjacent to an activating group) is 1. The molecule has 0 aromatic carbocycles. The van der Waals surface area contributed by atoms with Crippen molar-refractivity contribution in [2.75, 3.05) is 26.8 Å². The van der Waals surface area contributed by atoms with E-state index in [0.717, 1.165) is 58.2 Å². The zero-order valence-corrected chi connectivity index (χ0v) is 12.8. The van der Waals surface area contributed by atoms with Gasteiger partial charge in [0.25, 0.3) is 5.91 Å². The average molecular weight is 292 g/mol. The zero-order chi connectivity index (χ0) is 14.7. The van der Waals surface area contributed by atoms with E-state index in [1.807, 2.05) is 0 Å². The Morgan fingerprint density at radius 3 is 2.52 bits per heavy atom. The van der Waals surface area contributed by atoms with Gasteiger partial charge in [0.05, 0.1) is 6.61 Å². The van der Waals surface area contributed by atoms with E-state index < -0.39 is 5.54 Å². The van der Waals surface area contributed by atoms with Crippen molar-refractivity contribution in [2.45, 2.75) is 50.5 Å². The number of rotatable bonds is 2. The van der Waals surface area contributed by atoms with Crippen LogP contribution in [0.5, 0.6) is 0 Å². The molecule has 0 aromatic rings. The van der Waals surface area contributed by atoms with Crippen LogP contribution in [0.2, 0.25) is 0 Å². The molecule has 2 aliphatic heterocycles. The summed E-state index contributed by atoms with van der Waals surface area (Å²) in [6.45, 7) is 2.36. The number of ether oxygens (including phenoxy) is 1. The summed E-state index contributed by atoms with van der Waals surface area (Å²) in [5.74, 6) is 0.542.